The van der Waals surface area contributed by atoms with Gasteiger partial charge in [0.05, 0.1) is 0 Å². The van der Waals surface area contributed by atoms with Crippen molar-refractivity contribution in [2.24, 2.45) is 0 Å². The molecule has 2 aromatic rings. The third-order valence-corrected chi connectivity index (χ3v) is 2.97. The van der Waals surface area contributed by atoms with E-state index in [1.807, 2.05) is 32.0 Å². The van der Waals surface area contributed by atoms with E-state index < -0.39 is 11.6 Å². The normalized spacial score (nSPS) is 10.6. The van der Waals surface area contributed by atoms with Crippen molar-refractivity contribution in [2.75, 3.05) is 17.7 Å². The molecular weight excluding hydrogens is 246 g/mol. The fraction of sp³-hybridized carbons (Fsp3) is 0.200. The molecule has 0 radical (unpaired) electrons. The predicted octanol–water partition coefficient (Wildman–Crippen LogP) is 3.93. The number of nitrogens with two attached hydrogens (primary N) is 1. The van der Waals surface area contributed by atoms with Gasteiger partial charge >= 0.3 is 0 Å². The maximum Gasteiger partial charge on any atom is 0.151 e. The molecule has 2 nitrogen and oxygen atoms in total. The van der Waals surface area contributed by atoms with Crippen molar-refractivity contribution < 1.29 is 8.78 Å². The van der Waals surface area contributed by atoms with Crippen LogP contribution in [0.15, 0.2) is 30.3 Å². The third kappa shape index (κ3) is 2.67. The van der Waals surface area contributed by atoms with Gasteiger partial charge in [-0.3, -0.25) is 0 Å². The molecular formula is C15H16F2N2. The smallest absolute Gasteiger partial charge is 0.151 e. The van der Waals surface area contributed by atoms with Crippen LogP contribution in [0, 0.1) is 25.5 Å². The fourth-order valence-corrected chi connectivity index (χ4v) is 2.18. The molecule has 0 saturated heterocycles. The Kier molecular flexibility index (Phi) is 3.42. The molecule has 0 fully saturated rings. The lowest BCUT2D eigenvalue weighted by Crippen LogP contribution is -2.14. The molecule has 19 heavy (non-hydrogen) atoms. The van der Waals surface area contributed by atoms with Crippen LogP contribution in [0.1, 0.15) is 11.1 Å². The maximum atomic E-state index is 13.9. The highest BCUT2D eigenvalue weighted by Crippen LogP contribution is 2.31. The molecule has 0 aliphatic carbocycles. The number of anilines is 3. The van der Waals surface area contributed by atoms with Crippen molar-refractivity contribution in [3.8, 4) is 0 Å². The molecule has 0 aromatic heterocycles. The summed E-state index contributed by atoms with van der Waals surface area (Å²) in [5.74, 6) is -1.33. The zero-order valence-electron chi connectivity index (χ0n) is 11.2. The van der Waals surface area contributed by atoms with Crippen LogP contribution in [0.25, 0.3) is 0 Å². The van der Waals surface area contributed by atoms with Gasteiger partial charge in [0.25, 0.3) is 0 Å². The average molecular weight is 262 g/mol. The molecule has 2 aromatic carbocycles. The molecule has 0 saturated carbocycles. The van der Waals surface area contributed by atoms with E-state index in [9.17, 15) is 8.78 Å². The summed E-state index contributed by atoms with van der Waals surface area (Å²) in [6.07, 6.45) is 0. The monoisotopic (exact) mass is 262 g/mol. The van der Waals surface area contributed by atoms with Crippen molar-refractivity contribution in [1.29, 1.82) is 0 Å². The molecule has 0 unspecified atom stereocenters. The van der Waals surface area contributed by atoms with E-state index >= 15 is 0 Å². The number of nitrogen functional groups attached to an aromatic ring is 1. The minimum absolute atomic E-state index is 0.0765. The zero-order valence-corrected chi connectivity index (χ0v) is 11.2. The van der Waals surface area contributed by atoms with E-state index in [1.54, 1.807) is 7.05 Å². The highest BCUT2D eigenvalue weighted by molar-refractivity contribution is 5.66. The molecule has 0 aliphatic rings. The first-order chi connectivity index (χ1) is 8.88. The summed E-state index contributed by atoms with van der Waals surface area (Å²) in [6.45, 7) is 3.89. The maximum absolute atomic E-state index is 13.9. The van der Waals surface area contributed by atoms with Crippen LogP contribution in [-0.2, 0) is 0 Å². The second-order valence-electron chi connectivity index (χ2n) is 4.74. The van der Waals surface area contributed by atoms with E-state index in [2.05, 4.69) is 0 Å². The summed E-state index contributed by atoms with van der Waals surface area (Å²) in [5, 5.41) is 0. The Balaban J connectivity index is 2.52. The van der Waals surface area contributed by atoms with E-state index in [0.717, 1.165) is 28.9 Å². The summed E-state index contributed by atoms with van der Waals surface area (Å²) < 4.78 is 27.8. The Morgan fingerprint density at radius 1 is 0.895 bits per heavy atom. The molecule has 0 amide bonds. The number of hydrogen-bond acceptors (Lipinski definition) is 2. The zero-order chi connectivity index (χ0) is 14.2. The van der Waals surface area contributed by atoms with E-state index in [0.29, 0.717) is 0 Å². The topological polar surface area (TPSA) is 29.3 Å². The van der Waals surface area contributed by atoms with Crippen LogP contribution in [-0.4, -0.2) is 7.05 Å². The Morgan fingerprint density at radius 2 is 1.37 bits per heavy atom. The van der Waals surface area contributed by atoms with Crippen molar-refractivity contribution in [2.45, 2.75) is 13.8 Å². The van der Waals surface area contributed by atoms with E-state index in [-0.39, 0.29) is 11.4 Å². The number of rotatable bonds is 2. The summed E-state index contributed by atoms with van der Waals surface area (Å²) in [5.41, 5.74) is 8.21. The SMILES string of the molecule is Cc1cc(C)cc(N(C)c2c(F)cc(N)cc2F)c1. The summed E-state index contributed by atoms with van der Waals surface area (Å²) >= 11 is 0. The molecule has 0 atom stereocenters. The largest absolute Gasteiger partial charge is 0.399 e. The van der Waals surface area contributed by atoms with Crippen LogP contribution < -0.4 is 10.6 Å². The molecule has 0 bridgehead atoms. The van der Waals surface area contributed by atoms with Gasteiger partial charge in [0.15, 0.2) is 11.6 Å². The first-order valence-electron chi connectivity index (χ1n) is 5.95. The van der Waals surface area contributed by atoms with Gasteiger partial charge in [0.2, 0.25) is 0 Å². The summed E-state index contributed by atoms with van der Waals surface area (Å²) in [6, 6.07) is 8.01. The predicted molar refractivity (Wildman–Crippen MR) is 74.7 cm³/mol. The van der Waals surface area contributed by atoms with Gasteiger partial charge < -0.3 is 10.6 Å². The van der Waals surface area contributed by atoms with E-state index in [4.69, 9.17) is 5.73 Å². The minimum atomic E-state index is -0.667. The lowest BCUT2D eigenvalue weighted by Gasteiger charge is -2.22. The lowest BCUT2D eigenvalue weighted by molar-refractivity contribution is 0.585. The molecule has 4 heteroatoms. The van der Waals surface area contributed by atoms with Crippen LogP contribution >= 0.6 is 0 Å². The fourth-order valence-electron chi connectivity index (χ4n) is 2.18. The van der Waals surface area contributed by atoms with Gasteiger partial charge in [-0.1, -0.05) is 6.07 Å². The molecule has 0 aliphatic heterocycles. The first kappa shape index (κ1) is 13.3. The standard InChI is InChI=1S/C15H16F2N2/c1-9-4-10(2)6-12(5-9)19(3)15-13(16)7-11(18)8-14(15)17/h4-8H,18H2,1-3H3. The number of benzene rings is 2. The Morgan fingerprint density at radius 3 is 1.84 bits per heavy atom. The van der Waals surface area contributed by atoms with Gasteiger partial charge in [-0.2, -0.15) is 0 Å². The van der Waals surface area contributed by atoms with Crippen LogP contribution in [0.5, 0.6) is 0 Å². The second kappa shape index (κ2) is 4.88. The average Bonchev–Trinajstić information content (AvgIpc) is 2.25. The molecule has 0 spiro atoms. The van der Waals surface area contributed by atoms with Crippen molar-refractivity contribution >= 4 is 17.1 Å². The van der Waals surface area contributed by atoms with Crippen molar-refractivity contribution in [3.05, 3.63) is 53.1 Å². The number of hydrogen-bond donors (Lipinski definition) is 1. The first-order valence-corrected chi connectivity index (χ1v) is 5.95. The highest BCUT2D eigenvalue weighted by atomic mass is 19.1. The molecule has 2 N–H and O–H groups in total. The number of nitrogens with zero attached hydrogens (tertiary/aromatic N) is 1. The number of aryl methyl sites for hydroxylation is 2. The van der Waals surface area contributed by atoms with Gasteiger partial charge in [-0.25, -0.2) is 8.78 Å². The summed E-state index contributed by atoms with van der Waals surface area (Å²) in [7, 11) is 1.63. The van der Waals surface area contributed by atoms with Crippen molar-refractivity contribution in [3.63, 3.8) is 0 Å². The Bertz CT molecular complexity index is 580. The van der Waals surface area contributed by atoms with Gasteiger partial charge in [0, 0.05) is 18.4 Å². The minimum Gasteiger partial charge on any atom is -0.399 e. The Labute approximate surface area is 111 Å². The van der Waals surface area contributed by atoms with Gasteiger partial charge in [0.1, 0.15) is 5.69 Å². The van der Waals surface area contributed by atoms with Crippen LogP contribution in [0.2, 0.25) is 0 Å². The molecule has 100 valence electrons. The third-order valence-electron chi connectivity index (χ3n) is 2.97. The lowest BCUT2D eigenvalue weighted by atomic mass is 10.1. The second-order valence-corrected chi connectivity index (χ2v) is 4.74. The van der Waals surface area contributed by atoms with E-state index in [1.165, 1.54) is 4.90 Å². The quantitative estimate of drug-likeness (QED) is 0.831. The summed E-state index contributed by atoms with van der Waals surface area (Å²) in [4.78, 5) is 1.49. The molecule has 0 heterocycles. The van der Waals surface area contributed by atoms with Crippen LogP contribution in [0.3, 0.4) is 0 Å². The highest BCUT2D eigenvalue weighted by Gasteiger charge is 2.16. The van der Waals surface area contributed by atoms with Crippen LogP contribution in [0.4, 0.5) is 25.8 Å². The molecule has 2 rings (SSSR count). The number of halogens is 2. The Hall–Kier alpha value is -2.10. The van der Waals surface area contributed by atoms with Gasteiger partial charge in [-0.05, 0) is 49.2 Å². The van der Waals surface area contributed by atoms with Crippen molar-refractivity contribution in [1.82, 2.24) is 0 Å². The van der Waals surface area contributed by atoms with Gasteiger partial charge in [-0.15, -0.1) is 0 Å².